The standard InChI is InChI=1S/C35H38IN7O9S2/c1-23(38-35(44)45)19-37-53(46,47)31-18-17-30(36)32(34-39-41-43(40-34)22-26-9-15-29(52-4)16-10-26)33(31)54(48,49)42(20-24-5-11-27(50-2)12-6-24)21-25-7-13-28(51-3)14-8-25/h5-18,23,37-38H,19-22H2,1-4H3,(H,44,45). The van der Waals surface area contributed by atoms with Crippen LogP contribution in [0, 0.1) is 3.57 Å². The number of carbonyl (C=O) groups is 1. The molecule has 54 heavy (non-hydrogen) atoms. The number of carboxylic acid groups (broad SMARTS) is 1. The molecule has 0 radical (unpaired) electrons. The van der Waals surface area contributed by atoms with E-state index in [4.69, 9.17) is 19.3 Å². The number of hydrogen-bond donors (Lipinski definition) is 3. The molecule has 0 aliphatic rings. The lowest BCUT2D eigenvalue weighted by Gasteiger charge is -2.26. The number of sulfonamides is 2. The topological polar surface area (TPSA) is 204 Å². The summed E-state index contributed by atoms with van der Waals surface area (Å²) in [6.07, 6.45) is -1.35. The maximum atomic E-state index is 15.2. The van der Waals surface area contributed by atoms with E-state index in [1.807, 2.05) is 34.7 Å². The lowest BCUT2D eigenvalue weighted by Crippen LogP contribution is -2.41. The minimum Gasteiger partial charge on any atom is -0.497 e. The summed E-state index contributed by atoms with van der Waals surface area (Å²) in [7, 11) is -4.78. The van der Waals surface area contributed by atoms with Crippen LogP contribution in [0.4, 0.5) is 4.79 Å². The van der Waals surface area contributed by atoms with Crippen LogP contribution < -0.4 is 24.2 Å². The average Bonchev–Trinajstić information content (AvgIpc) is 3.62. The van der Waals surface area contributed by atoms with Crippen LogP contribution >= 0.6 is 22.6 Å². The molecule has 19 heteroatoms. The molecular weight excluding hydrogens is 853 g/mol. The fourth-order valence-electron chi connectivity index (χ4n) is 5.32. The third-order valence-corrected chi connectivity index (χ3v) is 12.5. The summed E-state index contributed by atoms with van der Waals surface area (Å²) in [5.74, 6) is 1.67. The van der Waals surface area contributed by atoms with Gasteiger partial charge in [0.25, 0.3) is 0 Å². The van der Waals surface area contributed by atoms with Crippen molar-refractivity contribution in [1.29, 1.82) is 0 Å². The predicted molar refractivity (Wildman–Crippen MR) is 206 cm³/mol. The molecular formula is C35H38IN7O9S2. The quantitative estimate of drug-likeness (QED) is 0.112. The Labute approximate surface area is 326 Å². The van der Waals surface area contributed by atoms with Crippen LogP contribution in [0.25, 0.3) is 11.4 Å². The number of benzene rings is 4. The van der Waals surface area contributed by atoms with Gasteiger partial charge in [0, 0.05) is 29.2 Å². The van der Waals surface area contributed by atoms with E-state index in [0.29, 0.717) is 31.9 Å². The van der Waals surface area contributed by atoms with Crippen molar-refractivity contribution in [3.8, 4) is 28.6 Å². The van der Waals surface area contributed by atoms with E-state index < -0.39 is 42.0 Å². The van der Waals surface area contributed by atoms with Crippen molar-refractivity contribution in [1.82, 2.24) is 34.6 Å². The fraction of sp³-hybridized carbons (Fsp3) is 0.257. The first-order valence-corrected chi connectivity index (χ1v) is 20.2. The molecule has 0 saturated heterocycles. The largest absolute Gasteiger partial charge is 0.497 e. The molecule has 4 aromatic carbocycles. The highest BCUT2D eigenvalue weighted by atomic mass is 127. The average molecular weight is 892 g/mol. The molecule has 1 atom stereocenters. The first kappa shape index (κ1) is 40.4. The van der Waals surface area contributed by atoms with Crippen LogP contribution in [0.15, 0.2) is 94.7 Å². The summed E-state index contributed by atoms with van der Waals surface area (Å²) in [6.45, 7) is 0.947. The first-order valence-electron chi connectivity index (χ1n) is 16.2. The Morgan fingerprint density at radius 2 is 1.31 bits per heavy atom. The van der Waals surface area contributed by atoms with Gasteiger partial charge in [-0.15, -0.1) is 10.2 Å². The molecule has 0 bridgehead atoms. The van der Waals surface area contributed by atoms with E-state index in [-0.39, 0.29) is 37.6 Å². The molecule has 1 heterocycles. The van der Waals surface area contributed by atoms with Crippen LogP contribution in [0.3, 0.4) is 0 Å². The number of nitrogens with one attached hydrogen (secondary N) is 2. The van der Waals surface area contributed by atoms with Crippen molar-refractivity contribution in [2.75, 3.05) is 27.9 Å². The Morgan fingerprint density at radius 3 is 1.80 bits per heavy atom. The number of halogens is 1. The smallest absolute Gasteiger partial charge is 0.404 e. The summed E-state index contributed by atoms with van der Waals surface area (Å²) in [6, 6.07) is 22.6. The summed E-state index contributed by atoms with van der Waals surface area (Å²) in [5, 5.41) is 24.2. The zero-order valence-corrected chi connectivity index (χ0v) is 33.4. The van der Waals surface area contributed by atoms with Crippen molar-refractivity contribution in [3.05, 3.63) is 105 Å². The molecule has 1 aromatic heterocycles. The number of ether oxygens (including phenoxy) is 3. The Hall–Kier alpha value is -4.83. The fourth-order valence-corrected chi connectivity index (χ4v) is 9.73. The van der Waals surface area contributed by atoms with Crippen LogP contribution in [0.2, 0.25) is 0 Å². The first-order chi connectivity index (χ1) is 25.7. The van der Waals surface area contributed by atoms with E-state index in [1.54, 1.807) is 67.8 Å². The van der Waals surface area contributed by atoms with E-state index in [2.05, 4.69) is 25.4 Å². The molecule has 3 N–H and O–H groups in total. The van der Waals surface area contributed by atoms with Gasteiger partial charge in [-0.1, -0.05) is 36.4 Å². The van der Waals surface area contributed by atoms with Gasteiger partial charge < -0.3 is 24.6 Å². The monoisotopic (exact) mass is 891 g/mol. The van der Waals surface area contributed by atoms with Gasteiger partial charge in [0.1, 0.15) is 27.0 Å². The van der Waals surface area contributed by atoms with Crippen molar-refractivity contribution in [2.24, 2.45) is 0 Å². The number of hydrogen-bond acceptors (Lipinski definition) is 11. The Kier molecular flexibility index (Phi) is 13.1. The zero-order chi connectivity index (χ0) is 39.0. The van der Waals surface area contributed by atoms with Crippen LogP contribution in [0.1, 0.15) is 23.6 Å². The Morgan fingerprint density at radius 1 is 0.815 bits per heavy atom. The van der Waals surface area contributed by atoms with Crippen LogP contribution in [-0.4, -0.2) is 86.5 Å². The van der Waals surface area contributed by atoms with Crippen LogP contribution in [0.5, 0.6) is 17.2 Å². The summed E-state index contributed by atoms with van der Waals surface area (Å²) >= 11 is 1.91. The highest BCUT2D eigenvalue weighted by Gasteiger charge is 2.37. The summed E-state index contributed by atoms with van der Waals surface area (Å²) in [4.78, 5) is 11.3. The van der Waals surface area contributed by atoms with E-state index in [1.165, 1.54) is 42.4 Å². The van der Waals surface area contributed by atoms with Gasteiger partial charge in [0.15, 0.2) is 0 Å². The Bertz CT molecular complexity index is 2240. The zero-order valence-electron chi connectivity index (χ0n) is 29.6. The molecule has 1 amide bonds. The Balaban J connectivity index is 1.67. The maximum Gasteiger partial charge on any atom is 0.404 e. The number of aromatic nitrogens is 4. The summed E-state index contributed by atoms with van der Waals surface area (Å²) in [5.41, 5.74) is 1.92. The number of methoxy groups -OCH3 is 3. The van der Waals surface area contributed by atoms with Crippen molar-refractivity contribution < 1.29 is 40.9 Å². The van der Waals surface area contributed by atoms with Gasteiger partial charge >= 0.3 is 6.09 Å². The van der Waals surface area contributed by atoms with Crippen molar-refractivity contribution in [3.63, 3.8) is 0 Å². The molecule has 0 saturated carbocycles. The number of tetrazole rings is 1. The second-order valence-electron chi connectivity index (χ2n) is 11.9. The lowest BCUT2D eigenvalue weighted by atomic mass is 10.2. The number of rotatable bonds is 17. The highest BCUT2D eigenvalue weighted by molar-refractivity contribution is 14.1. The van der Waals surface area contributed by atoms with Crippen LogP contribution in [-0.2, 0) is 39.7 Å². The van der Waals surface area contributed by atoms with Gasteiger partial charge in [-0.25, -0.2) is 26.4 Å². The maximum absolute atomic E-state index is 15.2. The number of nitrogens with zero attached hydrogens (tertiary/aromatic N) is 5. The molecule has 5 rings (SSSR count). The highest BCUT2D eigenvalue weighted by Crippen LogP contribution is 2.38. The third-order valence-electron chi connectivity index (χ3n) is 8.10. The van der Waals surface area contributed by atoms with Gasteiger partial charge in [-0.3, -0.25) is 0 Å². The molecule has 16 nitrogen and oxygen atoms in total. The molecule has 5 aromatic rings. The molecule has 0 spiro atoms. The van der Waals surface area contributed by atoms with Crippen molar-refractivity contribution in [2.45, 2.75) is 42.4 Å². The lowest BCUT2D eigenvalue weighted by molar-refractivity contribution is 0.191. The second kappa shape index (κ2) is 17.5. The van der Waals surface area contributed by atoms with Gasteiger partial charge in [0.2, 0.25) is 25.9 Å². The van der Waals surface area contributed by atoms with E-state index in [9.17, 15) is 13.2 Å². The minimum atomic E-state index is -4.75. The van der Waals surface area contributed by atoms with Gasteiger partial charge in [-0.05, 0) is 99.9 Å². The second-order valence-corrected chi connectivity index (χ2v) is 16.7. The molecule has 0 aliphatic carbocycles. The van der Waals surface area contributed by atoms with Gasteiger partial charge in [0.05, 0.1) is 33.4 Å². The minimum absolute atomic E-state index is 0.0781. The molecule has 0 aliphatic heterocycles. The summed E-state index contributed by atoms with van der Waals surface area (Å²) < 4.78 is 78.3. The van der Waals surface area contributed by atoms with Crippen molar-refractivity contribution >= 4 is 48.7 Å². The molecule has 0 fully saturated rings. The SMILES string of the molecule is COc1ccc(CN(Cc2ccc(OC)cc2)S(=O)(=O)c2c(S(=O)(=O)NCC(C)NC(=O)O)ccc(I)c2-c2nnn(Cc3ccc(OC)cc3)n2)cc1. The normalized spacial score (nSPS) is 12.3. The van der Waals surface area contributed by atoms with Gasteiger partial charge in [-0.2, -0.15) is 9.10 Å². The van der Waals surface area contributed by atoms with E-state index >= 15 is 8.42 Å². The van der Waals surface area contributed by atoms with E-state index in [0.717, 1.165) is 5.56 Å². The third kappa shape index (κ3) is 9.82. The predicted octanol–water partition coefficient (Wildman–Crippen LogP) is 4.34. The molecule has 286 valence electrons. The number of amides is 1. The molecule has 1 unspecified atom stereocenters.